The first-order valence-electron chi connectivity index (χ1n) is 8.00. The van der Waals surface area contributed by atoms with E-state index in [1.54, 1.807) is 12.1 Å². The molecule has 116 valence electrons. The fourth-order valence-corrected chi connectivity index (χ4v) is 3.79. The molecule has 2 aromatic rings. The number of hydrogen-bond acceptors (Lipinski definition) is 4. The van der Waals surface area contributed by atoms with Gasteiger partial charge in [0, 0.05) is 31.1 Å². The van der Waals surface area contributed by atoms with Crippen molar-refractivity contribution in [3.8, 4) is 0 Å². The molecule has 5 nitrogen and oxygen atoms in total. The van der Waals surface area contributed by atoms with Gasteiger partial charge < -0.3 is 14.5 Å². The Morgan fingerprint density at radius 1 is 1.32 bits per heavy atom. The molecule has 1 amide bonds. The Labute approximate surface area is 129 Å². The number of aromatic nitrogens is 1. The van der Waals surface area contributed by atoms with E-state index >= 15 is 0 Å². The van der Waals surface area contributed by atoms with E-state index in [0.717, 1.165) is 43.4 Å². The highest BCUT2D eigenvalue weighted by Gasteiger charge is 2.38. The molecule has 1 aromatic heterocycles. The van der Waals surface area contributed by atoms with Gasteiger partial charge in [-0.3, -0.25) is 4.79 Å². The van der Waals surface area contributed by atoms with E-state index in [1.807, 2.05) is 13.0 Å². The van der Waals surface area contributed by atoms with Crippen molar-refractivity contribution >= 4 is 17.0 Å². The Kier molecular flexibility index (Phi) is 3.37. The third kappa shape index (κ3) is 2.39. The maximum absolute atomic E-state index is 12.5. The van der Waals surface area contributed by atoms with E-state index in [0.29, 0.717) is 23.5 Å². The van der Waals surface area contributed by atoms with Gasteiger partial charge in [0.2, 0.25) is 0 Å². The van der Waals surface area contributed by atoms with Crippen molar-refractivity contribution in [1.29, 1.82) is 0 Å². The summed E-state index contributed by atoms with van der Waals surface area (Å²) in [4.78, 5) is 16.8. The normalized spacial score (nSPS) is 27.8. The molecule has 5 heteroatoms. The van der Waals surface area contributed by atoms with E-state index in [2.05, 4.69) is 10.3 Å². The molecule has 0 bridgehead atoms. The van der Waals surface area contributed by atoms with Crippen LogP contribution in [0.4, 0.5) is 0 Å². The number of benzene rings is 1. The van der Waals surface area contributed by atoms with Crippen molar-refractivity contribution in [2.45, 2.75) is 44.8 Å². The van der Waals surface area contributed by atoms with Gasteiger partial charge in [-0.15, -0.1) is 0 Å². The molecule has 2 heterocycles. The van der Waals surface area contributed by atoms with E-state index < -0.39 is 0 Å². The Morgan fingerprint density at radius 2 is 2.23 bits per heavy atom. The van der Waals surface area contributed by atoms with E-state index in [4.69, 9.17) is 9.15 Å². The third-order valence-corrected chi connectivity index (χ3v) is 4.85. The molecule has 2 fully saturated rings. The number of amides is 1. The number of rotatable bonds is 2. The lowest BCUT2D eigenvalue weighted by atomic mass is 9.81. The van der Waals surface area contributed by atoms with Gasteiger partial charge in [0.15, 0.2) is 11.5 Å². The maximum atomic E-state index is 12.5. The summed E-state index contributed by atoms with van der Waals surface area (Å²) in [5, 5.41) is 3.20. The van der Waals surface area contributed by atoms with Crippen molar-refractivity contribution in [3.05, 3.63) is 29.7 Å². The average Bonchev–Trinajstić information content (AvgIpc) is 3.11. The van der Waals surface area contributed by atoms with Gasteiger partial charge in [0.1, 0.15) is 5.52 Å². The molecule has 4 rings (SSSR count). The standard InChI is InChI=1S/C17H20N2O3/c1-10-18-14-9-11(5-6-16(14)22-10)17(20)19-13-3-2-4-15-12(13)7-8-21-15/h5-6,9,12-13,15H,2-4,7-8H2,1H3,(H,19,20). The van der Waals surface area contributed by atoms with Gasteiger partial charge in [0.05, 0.1) is 6.10 Å². The van der Waals surface area contributed by atoms with Gasteiger partial charge >= 0.3 is 0 Å². The first kappa shape index (κ1) is 13.8. The molecule has 1 aliphatic carbocycles. The molecule has 1 N–H and O–H groups in total. The van der Waals surface area contributed by atoms with Crippen LogP contribution >= 0.6 is 0 Å². The van der Waals surface area contributed by atoms with Gasteiger partial charge in [-0.2, -0.15) is 0 Å². The number of fused-ring (bicyclic) bond motifs is 2. The lowest BCUT2D eigenvalue weighted by Crippen LogP contribution is -2.45. The van der Waals surface area contributed by atoms with Crippen molar-refractivity contribution in [3.63, 3.8) is 0 Å². The molecule has 1 saturated heterocycles. The fourth-order valence-electron chi connectivity index (χ4n) is 3.79. The van der Waals surface area contributed by atoms with E-state index in [-0.39, 0.29) is 11.9 Å². The van der Waals surface area contributed by atoms with Gasteiger partial charge in [-0.25, -0.2) is 4.98 Å². The molecule has 0 spiro atoms. The molecule has 0 radical (unpaired) electrons. The van der Waals surface area contributed by atoms with Gasteiger partial charge in [-0.05, 0) is 43.9 Å². The first-order chi connectivity index (χ1) is 10.7. The highest BCUT2D eigenvalue weighted by atomic mass is 16.5. The van der Waals surface area contributed by atoms with Crippen LogP contribution in [0.3, 0.4) is 0 Å². The van der Waals surface area contributed by atoms with Crippen LogP contribution in [0.5, 0.6) is 0 Å². The number of carbonyl (C=O) groups excluding carboxylic acids is 1. The van der Waals surface area contributed by atoms with Crippen molar-refractivity contribution < 1.29 is 13.9 Å². The Morgan fingerprint density at radius 3 is 3.14 bits per heavy atom. The summed E-state index contributed by atoms with van der Waals surface area (Å²) in [7, 11) is 0. The van der Waals surface area contributed by atoms with Crippen LogP contribution in [0.1, 0.15) is 41.9 Å². The zero-order valence-electron chi connectivity index (χ0n) is 12.7. The monoisotopic (exact) mass is 300 g/mol. The predicted octanol–water partition coefficient (Wildman–Crippen LogP) is 2.82. The molecule has 3 atom stereocenters. The zero-order chi connectivity index (χ0) is 15.1. The lowest BCUT2D eigenvalue weighted by molar-refractivity contribution is 0.0510. The second kappa shape index (κ2) is 5.39. The molecular formula is C17H20N2O3. The SMILES string of the molecule is Cc1nc2cc(C(=O)NC3CCCC4OCCC34)ccc2o1. The van der Waals surface area contributed by atoms with Gasteiger partial charge in [0.25, 0.3) is 5.91 Å². The molecule has 22 heavy (non-hydrogen) atoms. The quantitative estimate of drug-likeness (QED) is 0.926. The number of carbonyl (C=O) groups is 1. The minimum Gasteiger partial charge on any atom is -0.441 e. The minimum atomic E-state index is -0.0277. The maximum Gasteiger partial charge on any atom is 0.251 e. The van der Waals surface area contributed by atoms with Crippen LogP contribution in [0.25, 0.3) is 11.1 Å². The third-order valence-electron chi connectivity index (χ3n) is 4.85. The second-order valence-corrected chi connectivity index (χ2v) is 6.29. The van der Waals surface area contributed by atoms with Crippen LogP contribution in [0.2, 0.25) is 0 Å². The smallest absolute Gasteiger partial charge is 0.251 e. The topological polar surface area (TPSA) is 64.4 Å². The Hall–Kier alpha value is -1.88. The van der Waals surface area contributed by atoms with Crippen LogP contribution in [0, 0.1) is 12.8 Å². The summed E-state index contributed by atoms with van der Waals surface area (Å²) >= 11 is 0. The lowest BCUT2D eigenvalue weighted by Gasteiger charge is -2.33. The van der Waals surface area contributed by atoms with Crippen molar-refractivity contribution in [2.75, 3.05) is 6.61 Å². The fraction of sp³-hybridized carbons (Fsp3) is 0.529. The molecule has 1 aliphatic heterocycles. The van der Waals surface area contributed by atoms with Crippen LogP contribution in [-0.4, -0.2) is 29.6 Å². The highest BCUT2D eigenvalue weighted by molar-refractivity contribution is 5.97. The molecule has 3 unspecified atom stereocenters. The number of nitrogens with one attached hydrogen (secondary N) is 1. The summed E-state index contributed by atoms with van der Waals surface area (Å²) in [5.74, 6) is 1.06. The Bertz CT molecular complexity index is 709. The predicted molar refractivity (Wildman–Crippen MR) is 81.7 cm³/mol. The van der Waals surface area contributed by atoms with Crippen molar-refractivity contribution in [1.82, 2.24) is 10.3 Å². The summed E-state index contributed by atoms with van der Waals surface area (Å²) in [6.45, 7) is 2.63. The van der Waals surface area contributed by atoms with Gasteiger partial charge in [-0.1, -0.05) is 0 Å². The van der Waals surface area contributed by atoms with Crippen LogP contribution < -0.4 is 5.32 Å². The zero-order valence-corrected chi connectivity index (χ0v) is 12.7. The number of aryl methyl sites for hydroxylation is 1. The largest absolute Gasteiger partial charge is 0.441 e. The number of hydrogen-bond donors (Lipinski definition) is 1. The summed E-state index contributed by atoms with van der Waals surface area (Å²) < 4.78 is 11.2. The molecule has 2 aliphatic rings. The molecule has 1 saturated carbocycles. The van der Waals surface area contributed by atoms with E-state index in [1.165, 1.54) is 0 Å². The van der Waals surface area contributed by atoms with Crippen molar-refractivity contribution in [2.24, 2.45) is 5.92 Å². The summed E-state index contributed by atoms with van der Waals surface area (Å²) in [6, 6.07) is 5.64. The molecule has 1 aromatic carbocycles. The minimum absolute atomic E-state index is 0.0277. The van der Waals surface area contributed by atoms with E-state index in [9.17, 15) is 4.79 Å². The highest BCUT2D eigenvalue weighted by Crippen LogP contribution is 2.34. The molecular weight excluding hydrogens is 280 g/mol. The van der Waals surface area contributed by atoms with Crippen LogP contribution in [0.15, 0.2) is 22.6 Å². The first-order valence-corrected chi connectivity index (χ1v) is 8.00. The number of ether oxygens (including phenoxy) is 1. The number of nitrogens with zero attached hydrogens (tertiary/aromatic N) is 1. The van der Waals surface area contributed by atoms with Crippen LogP contribution in [-0.2, 0) is 4.74 Å². The average molecular weight is 300 g/mol. The summed E-state index contributed by atoms with van der Waals surface area (Å²) in [6.07, 6.45) is 4.67. The summed E-state index contributed by atoms with van der Waals surface area (Å²) in [5.41, 5.74) is 2.09. The number of oxazole rings is 1. The Balaban J connectivity index is 1.52. The second-order valence-electron chi connectivity index (χ2n) is 6.29.